The fourth-order valence-electron chi connectivity index (χ4n) is 9.22. The van der Waals surface area contributed by atoms with Crippen molar-refractivity contribution < 1.29 is 52.5 Å². The Balaban J connectivity index is 0.893. The van der Waals surface area contributed by atoms with E-state index in [0.717, 1.165) is 23.8 Å². The molecule has 0 aliphatic carbocycles. The van der Waals surface area contributed by atoms with Gasteiger partial charge in [-0.3, -0.25) is 28.5 Å². The van der Waals surface area contributed by atoms with Crippen LogP contribution in [0.25, 0.3) is 10.9 Å². The quantitative estimate of drug-likeness (QED) is 0.0428. The van der Waals surface area contributed by atoms with Gasteiger partial charge >= 0.3 is 12.1 Å². The second-order valence-corrected chi connectivity index (χ2v) is 18.0. The number of rotatable bonds is 18. The molecule has 3 aliphatic rings. The van der Waals surface area contributed by atoms with Crippen molar-refractivity contribution in [3.8, 4) is 5.75 Å². The molecule has 372 valence electrons. The normalized spacial score (nSPS) is 18.6. The van der Waals surface area contributed by atoms with Crippen LogP contribution in [-0.4, -0.2) is 110 Å². The Kier molecular flexibility index (Phi) is 14.8. The number of Topliss-reactive ketones (excluding diaryl/α,β-unsaturated/α-hetero) is 1. The second-order valence-electron chi connectivity index (χ2n) is 18.0. The maximum atomic E-state index is 14.3. The van der Waals surface area contributed by atoms with E-state index in [9.17, 15) is 28.8 Å². The molecule has 6 heterocycles. The van der Waals surface area contributed by atoms with Gasteiger partial charge in [-0.15, -0.1) is 0 Å². The van der Waals surface area contributed by atoms with E-state index in [1.807, 2.05) is 6.07 Å². The maximum Gasteiger partial charge on any atom is 0.416 e. The summed E-state index contributed by atoms with van der Waals surface area (Å²) in [6.45, 7) is 13.9. The number of fused-ring (bicyclic) bond motifs is 3. The molecule has 3 aromatic heterocycles. The van der Waals surface area contributed by atoms with Crippen molar-refractivity contribution in [3.63, 3.8) is 0 Å². The van der Waals surface area contributed by atoms with Gasteiger partial charge < -0.3 is 48.8 Å². The van der Waals surface area contributed by atoms with Gasteiger partial charge in [0.1, 0.15) is 30.3 Å². The largest absolute Gasteiger partial charge is 0.493 e. The van der Waals surface area contributed by atoms with E-state index in [4.69, 9.17) is 29.4 Å². The molecule has 0 radical (unpaired) electrons. The summed E-state index contributed by atoms with van der Waals surface area (Å²) >= 11 is 0. The summed E-state index contributed by atoms with van der Waals surface area (Å²) in [5.74, 6) is -1.11. The van der Waals surface area contributed by atoms with Crippen LogP contribution < -0.4 is 20.7 Å². The molecule has 0 saturated carbocycles. The van der Waals surface area contributed by atoms with Crippen molar-refractivity contribution in [1.82, 2.24) is 23.6 Å². The van der Waals surface area contributed by atoms with E-state index in [0.29, 0.717) is 46.7 Å². The highest BCUT2D eigenvalue weighted by Crippen LogP contribution is 2.44. The Labute approximate surface area is 410 Å². The van der Waals surface area contributed by atoms with Crippen LogP contribution in [0.4, 0.5) is 16.3 Å². The summed E-state index contributed by atoms with van der Waals surface area (Å²) in [7, 11) is 3.38. The first-order valence-corrected chi connectivity index (χ1v) is 23.4. The van der Waals surface area contributed by atoms with Crippen molar-refractivity contribution >= 4 is 58.0 Å². The molecule has 2 aromatic carbocycles. The van der Waals surface area contributed by atoms with Crippen LogP contribution in [0.5, 0.6) is 5.75 Å². The van der Waals surface area contributed by atoms with Crippen molar-refractivity contribution in [2.24, 2.45) is 19.8 Å². The first-order chi connectivity index (χ1) is 34.1. The highest BCUT2D eigenvalue weighted by molar-refractivity contribution is 6.06. The topological polar surface area (TPSA) is 221 Å². The summed E-state index contributed by atoms with van der Waals surface area (Å²) in [6, 6.07) is 12.1. The Morgan fingerprint density at radius 2 is 1.76 bits per heavy atom. The number of nitrogens with one attached hydrogen (secondary N) is 1. The minimum absolute atomic E-state index is 0.0393. The van der Waals surface area contributed by atoms with Gasteiger partial charge in [0, 0.05) is 76.6 Å². The number of hydrogen-bond acceptors (Lipinski definition) is 13. The number of amides is 3. The molecule has 19 nitrogen and oxygen atoms in total. The second kappa shape index (κ2) is 21.2. The summed E-state index contributed by atoms with van der Waals surface area (Å²) in [5.41, 5.74) is 9.64. The molecule has 3 N–H and O–H groups in total. The van der Waals surface area contributed by atoms with Crippen LogP contribution in [0.1, 0.15) is 86.7 Å². The number of imidazole rings is 1. The van der Waals surface area contributed by atoms with Crippen LogP contribution in [0, 0.1) is 6.92 Å². The average molecular weight is 971 g/mol. The molecule has 3 amide bonds. The molecule has 3 atom stereocenters. The van der Waals surface area contributed by atoms with E-state index in [2.05, 4.69) is 30.0 Å². The Hall–Kier alpha value is -7.61. The van der Waals surface area contributed by atoms with Gasteiger partial charge in [-0.25, -0.2) is 14.7 Å². The number of nitrogens with zero attached hydrogens (tertiary/aromatic N) is 6. The lowest BCUT2D eigenvalue weighted by Gasteiger charge is -2.44. The zero-order valence-electron chi connectivity index (χ0n) is 40.1. The number of hydrogen-bond donors (Lipinski definition) is 2. The summed E-state index contributed by atoms with van der Waals surface area (Å²) in [6.07, 6.45) is 7.95. The van der Waals surface area contributed by atoms with Gasteiger partial charge in [0.25, 0.3) is 11.8 Å². The minimum atomic E-state index is -1.50. The predicted molar refractivity (Wildman–Crippen MR) is 262 cm³/mol. The van der Waals surface area contributed by atoms with E-state index < -0.39 is 30.2 Å². The van der Waals surface area contributed by atoms with Crippen LogP contribution in [0.2, 0.25) is 0 Å². The monoisotopic (exact) mass is 970 g/mol. The molecule has 2 unspecified atom stereocenters. The molecule has 19 heteroatoms. The molecular weight excluding hydrogens is 913 g/mol. The van der Waals surface area contributed by atoms with Gasteiger partial charge in [0.05, 0.1) is 29.8 Å². The summed E-state index contributed by atoms with van der Waals surface area (Å²) in [4.78, 5) is 88.1. The fourth-order valence-corrected chi connectivity index (χ4v) is 9.22. The number of benzene rings is 2. The number of carbonyl (C=O) groups is 6. The van der Waals surface area contributed by atoms with E-state index in [1.54, 1.807) is 80.6 Å². The SMILES string of the molecule is C=CCOC(=O)Cc1ccc2c(ccn2C(=O)c2cc(CC(=O)c3nc(NC(=O)CCCOc4cc5c(cc4C)C(=O)N4CC(=C)C[C@@]4(N)C(OC4CCCCO4)N5C(=O)OCC=C)cn3C)cn2C)c1. The summed E-state index contributed by atoms with van der Waals surface area (Å²) < 4.78 is 34.0. The number of ketones is 1. The Bertz CT molecular complexity index is 2940. The molecule has 0 bridgehead atoms. The van der Waals surface area contributed by atoms with Crippen molar-refractivity contribution in [2.45, 2.75) is 76.5 Å². The number of ether oxygens (including phenoxy) is 5. The van der Waals surface area contributed by atoms with Crippen molar-refractivity contribution in [1.29, 1.82) is 0 Å². The fraction of sp³-hybridized carbons (Fsp3) is 0.365. The Morgan fingerprint density at radius 3 is 2.52 bits per heavy atom. The number of nitrogens with two attached hydrogens (primary N) is 1. The third-order valence-corrected chi connectivity index (χ3v) is 12.6. The van der Waals surface area contributed by atoms with Crippen LogP contribution in [-0.2, 0) is 55.5 Å². The molecule has 0 spiro atoms. The lowest BCUT2D eigenvalue weighted by Crippen LogP contribution is -2.67. The number of anilines is 2. The van der Waals surface area contributed by atoms with Gasteiger partial charge in [-0.1, -0.05) is 43.5 Å². The lowest BCUT2D eigenvalue weighted by atomic mass is 10.0. The van der Waals surface area contributed by atoms with Gasteiger partial charge in [-0.2, -0.15) is 0 Å². The van der Waals surface area contributed by atoms with Gasteiger partial charge in [0.2, 0.25) is 11.7 Å². The summed E-state index contributed by atoms with van der Waals surface area (Å²) in [5, 5.41) is 3.54. The van der Waals surface area contributed by atoms with Crippen molar-refractivity contribution in [3.05, 3.63) is 132 Å². The third kappa shape index (κ3) is 10.6. The van der Waals surface area contributed by atoms with E-state index in [1.165, 1.54) is 31.1 Å². The molecule has 2 saturated heterocycles. The Morgan fingerprint density at radius 1 is 0.972 bits per heavy atom. The number of aromatic nitrogens is 4. The molecule has 5 aromatic rings. The minimum Gasteiger partial charge on any atom is -0.493 e. The number of esters is 1. The van der Waals surface area contributed by atoms with Crippen LogP contribution in [0.15, 0.2) is 98.5 Å². The number of aryl methyl sites for hydroxylation is 3. The smallest absolute Gasteiger partial charge is 0.416 e. The third-order valence-electron chi connectivity index (χ3n) is 12.6. The number of carbonyl (C=O) groups excluding carboxylic acids is 6. The van der Waals surface area contributed by atoms with Gasteiger partial charge in [0.15, 0.2) is 24.2 Å². The van der Waals surface area contributed by atoms with E-state index >= 15 is 0 Å². The average Bonchev–Trinajstić information content (AvgIpc) is 4.11. The standard InChI is InChI=1S/C52H58N8O11/c1-7-18-68-45(63)26-34-14-15-38-36(23-34)16-17-58(38)49(65)40-24-35(30-56(40)5)25-41(61)47-55-43(31-57(47)6)54-44(62)12-11-21-67-42-27-39-37(22-33(42)4)48(64)59-29-32(3)28-52(59,53)50(60(39)51(66)70-19-8-2)71-46-13-9-10-20-69-46/h7-8,14-17,22-24,27,30-31,46,50H,1-3,9-13,18-21,25-26,28-29,53H2,4-6H3,(H,54,62)/t46?,50?,52-/m0/s1. The molecule has 8 rings (SSSR count). The molecular formula is C52H58N8O11. The maximum absolute atomic E-state index is 14.3. The first kappa shape index (κ1) is 49.8. The predicted octanol–water partition coefficient (Wildman–Crippen LogP) is 6.27. The lowest BCUT2D eigenvalue weighted by molar-refractivity contribution is -0.207. The van der Waals surface area contributed by atoms with Crippen molar-refractivity contribution in [2.75, 3.05) is 43.2 Å². The highest BCUT2D eigenvalue weighted by Gasteiger charge is 2.57. The van der Waals surface area contributed by atoms with Gasteiger partial charge in [-0.05, 0) is 79.6 Å². The van der Waals surface area contributed by atoms with Crippen LogP contribution >= 0.6 is 0 Å². The van der Waals surface area contributed by atoms with E-state index in [-0.39, 0.29) is 105 Å². The van der Waals surface area contributed by atoms with Crippen LogP contribution in [0.3, 0.4) is 0 Å². The first-order valence-electron chi connectivity index (χ1n) is 23.4. The zero-order chi connectivity index (χ0) is 50.6. The zero-order valence-corrected chi connectivity index (χ0v) is 40.1. The molecule has 2 fully saturated rings. The molecule has 3 aliphatic heterocycles. The highest BCUT2D eigenvalue weighted by atomic mass is 16.7. The molecule has 71 heavy (non-hydrogen) atoms.